The van der Waals surface area contributed by atoms with Gasteiger partial charge in [0.15, 0.2) is 12.4 Å². The maximum atomic E-state index is 12.2. The van der Waals surface area contributed by atoms with Crippen molar-refractivity contribution in [2.75, 3.05) is 20.8 Å². The van der Waals surface area contributed by atoms with Crippen LogP contribution in [0.4, 0.5) is 14.5 Å². The van der Waals surface area contributed by atoms with Gasteiger partial charge in [0, 0.05) is 13.6 Å². The SMILES string of the molecule is COc1ccc(OCC(=O)N(C)Cc2ccc(OC(F)F)cc2)c([N+](=O)[O-])c1. The molecule has 0 aliphatic carbocycles. The summed E-state index contributed by atoms with van der Waals surface area (Å²) in [6.45, 7) is -3.12. The van der Waals surface area contributed by atoms with E-state index in [9.17, 15) is 23.7 Å². The molecule has 0 N–H and O–H groups in total. The molecule has 0 bridgehead atoms. The molecule has 150 valence electrons. The van der Waals surface area contributed by atoms with E-state index < -0.39 is 24.0 Å². The summed E-state index contributed by atoms with van der Waals surface area (Å²) in [7, 11) is 2.90. The normalized spacial score (nSPS) is 10.5. The van der Waals surface area contributed by atoms with Crippen LogP contribution in [0.3, 0.4) is 0 Å². The minimum atomic E-state index is -2.91. The molecule has 0 unspecified atom stereocenters. The second-order valence-electron chi connectivity index (χ2n) is 5.65. The molecule has 0 aliphatic rings. The number of nitro groups is 1. The third-order valence-electron chi connectivity index (χ3n) is 3.71. The van der Waals surface area contributed by atoms with E-state index in [1.54, 1.807) is 12.1 Å². The van der Waals surface area contributed by atoms with Gasteiger partial charge in [-0.15, -0.1) is 0 Å². The highest BCUT2D eigenvalue weighted by molar-refractivity contribution is 5.77. The second kappa shape index (κ2) is 9.49. The fourth-order valence-corrected chi connectivity index (χ4v) is 2.28. The zero-order chi connectivity index (χ0) is 20.7. The lowest BCUT2D eigenvalue weighted by molar-refractivity contribution is -0.385. The molecule has 2 aromatic carbocycles. The standard InChI is InChI=1S/C18H18F2N2O6/c1-21(10-12-3-5-13(6-4-12)28-18(19)20)17(23)11-27-16-8-7-14(26-2)9-15(16)22(24)25/h3-9,18H,10-11H2,1-2H3. The Bertz CT molecular complexity index is 829. The highest BCUT2D eigenvalue weighted by atomic mass is 19.3. The molecule has 2 aromatic rings. The summed E-state index contributed by atoms with van der Waals surface area (Å²) < 4.78 is 38.8. The van der Waals surface area contributed by atoms with E-state index in [2.05, 4.69) is 4.74 Å². The molecule has 0 fully saturated rings. The molecule has 8 nitrogen and oxygen atoms in total. The largest absolute Gasteiger partial charge is 0.496 e. The number of rotatable bonds is 9. The van der Waals surface area contributed by atoms with Gasteiger partial charge in [-0.05, 0) is 29.8 Å². The number of halogens is 2. The molecule has 2 rings (SSSR count). The van der Waals surface area contributed by atoms with E-state index >= 15 is 0 Å². The second-order valence-corrected chi connectivity index (χ2v) is 5.65. The topological polar surface area (TPSA) is 91.1 Å². The van der Waals surface area contributed by atoms with Gasteiger partial charge in [0.1, 0.15) is 11.5 Å². The third-order valence-corrected chi connectivity index (χ3v) is 3.71. The smallest absolute Gasteiger partial charge is 0.387 e. The van der Waals surface area contributed by atoms with Crippen LogP contribution in [0.25, 0.3) is 0 Å². The summed E-state index contributed by atoms with van der Waals surface area (Å²) in [6.07, 6.45) is 0. The maximum absolute atomic E-state index is 12.2. The molecule has 0 saturated heterocycles. The van der Waals surface area contributed by atoms with Crippen molar-refractivity contribution in [1.29, 1.82) is 0 Å². The number of carbonyl (C=O) groups excluding carboxylic acids is 1. The van der Waals surface area contributed by atoms with Gasteiger partial charge in [0.2, 0.25) is 0 Å². The Morgan fingerprint density at radius 3 is 2.39 bits per heavy atom. The van der Waals surface area contributed by atoms with E-state index in [4.69, 9.17) is 9.47 Å². The van der Waals surface area contributed by atoms with E-state index in [-0.39, 0.29) is 23.7 Å². The van der Waals surface area contributed by atoms with Crippen LogP contribution < -0.4 is 14.2 Å². The van der Waals surface area contributed by atoms with E-state index in [1.807, 2.05) is 0 Å². The number of benzene rings is 2. The number of likely N-dealkylation sites (N-methyl/N-ethyl adjacent to an activating group) is 1. The third kappa shape index (κ3) is 5.79. The number of carbonyl (C=O) groups is 1. The highest BCUT2D eigenvalue weighted by Gasteiger charge is 2.19. The molecule has 1 amide bonds. The number of amides is 1. The Balaban J connectivity index is 1.95. The monoisotopic (exact) mass is 396 g/mol. The zero-order valence-corrected chi connectivity index (χ0v) is 15.1. The van der Waals surface area contributed by atoms with E-state index in [0.717, 1.165) is 0 Å². The first-order valence-corrected chi connectivity index (χ1v) is 8.03. The number of ether oxygens (including phenoxy) is 3. The predicted octanol–water partition coefficient (Wildman–Crippen LogP) is 3.24. The van der Waals surface area contributed by atoms with Crippen LogP contribution in [-0.2, 0) is 11.3 Å². The van der Waals surface area contributed by atoms with Crippen LogP contribution in [0.1, 0.15) is 5.56 Å². The summed E-state index contributed by atoms with van der Waals surface area (Å²) in [6, 6.07) is 9.89. The summed E-state index contributed by atoms with van der Waals surface area (Å²) in [4.78, 5) is 24.1. The van der Waals surface area contributed by atoms with Crippen LogP contribution in [0.5, 0.6) is 17.2 Å². The molecule has 0 atom stereocenters. The fourth-order valence-electron chi connectivity index (χ4n) is 2.28. The van der Waals surface area contributed by atoms with Gasteiger partial charge in [-0.25, -0.2) is 0 Å². The molecule has 0 heterocycles. The van der Waals surface area contributed by atoms with Gasteiger partial charge < -0.3 is 19.1 Å². The first-order valence-electron chi connectivity index (χ1n) is 8.03. The van der Waals surface area contributed by atoms with Gasteiger partial charge in [-0.1, -0.05) is 12.1 Å². The number of nitro benzene ring substituents is 1. The number of alkyl halides is 2. The van der Waals surface area contributed by atoms with Crippen molar-refractivity contribution >= 4 is 11.6 Å². The molecular weight excluding hydrogens is 378 g/mol. The van der Waals surface area contributed by atoms with Crippen molar-refractivity contribution < 1.29 is 32.7 Å². The van der Waals surface area contributed by atoms with Crippen LogP contribution in [0, 0.1) is 10.1 Å². The molecule has 0 aromatic heterocycles. The van der Waals surface area contributed by atoms with Crippen LogP contribution in [0.2, 0.25) is 0 Å². The lowest BCUT2D eigenvalue weighted by Gasteiger charge is -2.18. The number of nitrogens with zero attached hydrogens (tertiary/aromatic N) is 2. The zero-order valence-electron chi connectivity index (χ0n) is 15.1. The molecule has 0 saturated carbocycles. The maximum Gasteiger partial charge on any atom is 0.387 e. The quantitative estimate of drug-likeness (QED) is 0.477. The van der Waals surface area contributed by atoms with Crippen molar-refractivity contribution in [3.8, 4) is 17.2 Å². The van der Waals surface area contributed by atoms with Gasteiger partial charge in [0.05, 0.1) is 18.1 Å². The van der Waals surface area contributed by atoms with Crippen LogP contribution >= 0.6 is 0 Å². The first kappa shape index (κ1) is 20.9. The number of hydrogen-bond acceptors (Lipinski definition) is 6. The Kier molecular flexibility index (Phi) is 7.08. The Morgan fingerprint density at radius 2 is 1.82 bits per heavy atom. The predicted molar refractivity (Wildman–Crippen MR) is 94.7 cm³/mol. The summed E-state index contributed by atoms with van der Waals surface area (Å²) in [5.74, 6) is -0.163. The molecular formula is C18H18F2N2O6. The minimum absolute atomic E-state index is 0.0166. The fraction of sp³-hybridized carbons (Fsp3) is 0.278. The van der Waals surface area contributed by atoms with Gasteiger partial charge in [-0.2, -0.15) is 8.78 Å². The van der Waals surface area contributed by atoms with E-state index in [0.29, 0.717) is 11.3 Å². The molecule has 0 radical (unpaired) electrons. The highest BCUT2D eigenvalue weighted by Crippen LogP contribution is 2.31. The lowest BCUT2D eigenvalue weighted by atomic mass is 10.2. The van der Waals surface area contributed by atoms with Crippen molar-refractivity contribution in [1.82, 2.24) is 4.90 Å². The molecule has 10 heteroatoms. The first-order chi connectivity index (χ1) is 13.3. The van der Waals surface area contributed by atoms with Crippen molar-refractivity contribution in [3.63, 3.8) is 0 Å². The minimum Gasteiger partial charge on any atom is -0.496 e. The Hall–Kier alpha value is -3.43. The van der Waals surface area contributed by atoms with Crippen molar-refractivity contribution in [2.45, 2.75) is 13.2 Å². The van der Waals surface area contributed by atoms with Crippen molar-refractivity contribution in [3.05, 3.63) is 58.1 Å². The number of methoxy groups -OCH3 is 1. The van der Waals surface area contributed by atoms with Gasteiger partial charge in [-0.3, -0.25) is 14.9 Å². The van der Waals surface area contributed by atoms with Gasteiger partial charge >= 0.3 is 12.3 Å². The summed E-state index contributed by atoms with van der Waals surface area (Å²) in [5, 5.41) is 11.1. The molecule has 0 aliphatic heterocycles. The summed E-state index contributed by atoms with van der Waals surface area (Å²) >= 11 is 0. The summed E-state index contributed by atoms with van der Waals surface area (Å²) in [5.41, 5.74) is 0.373. The van der Waals surface area contributed by atoms with Crippen LogP contribution in [-0.4, -0.2) is 43.1 Å². The molecule has 0 spiro atoms. The Labute approximate surface area is 159 Å². The van der Waals surface area contributed by atoms with E-state index in [1.165, 1.54) is 49.4 Å². The molecule has 28 heavy (non-hydrogen) atoms. The number of hydrogen-bond donors (Lipinski definition) is 0. The Morgan fingerprint density at radius 1 is 1.18 bits per heavy atom. The van der Waals surface area contributed by atoms with Crippen LogP contribution in [0.15, 0.2) is 42.5 Å². The average molecular weight is 396 g/mol. The average Bonchev–Trinajstić information content (AvgIpc) is 2.66. The van der Waals surface area contributed by atoms with Crippen molar-refractivity contribution in [2.24, 2.45) is 0 Å². The lowest BCUT2D eigenvalue weighted by Crippen LogP contribution is -2.31. The van der Waals surface area contributed by atoms with Gasteiger partial charge in [0.25, 0.3) is 5.91 Å².